The summed E-state index contributed by atoms with van der Waals surface area (Å²) in [6.45, 7) is 12.0. The summed E-state index contributed by atoms with van der Waals surface area (Å²) in [6.07, 6.45) is 10.3. The Morgan fingerprint density at radius 2 is 1.85 bits per heavy atom. The molecule has 0 saturated carbocycles. The predicted octanol–water partition coefficient (Wildman–Crippen LogP) is 6.01. The summed E-state index contributed by atoms with van der Waals surface area (Å²) in [7, 11) is -4.52. The molecule has 13 heteroatoms. The minimum Gasteiger partial charge on any atom is -0.474 e. The molecule has 11 nitrogen and oxygen atoms in total. The van der Waals surface area contributed by atoms with Crippen molar-refractivity contribution in [2.24, 2.45) is 0 Å². The van der Waals surface area contributed by atoms with Crippen LogP contribution in [0.15, 0.2) is 59.3 Å². The number of ether oxygens (including phenoxy) is 1. The summed E-state index contributed by atoms with van der Waals surface area (Å²) < 4.78 is 48.4. The predicted molar refractivity (Wildman–Crippen MR) is 176 cm³/mol. The molecular formula is C33H42BN5O6S. The summed E-state index contributed by atoms with van der Waals surface area (Å²) in [5.74, 6) is 0.481. The van der Waals surface area contributed by atoms with Crippen LogP contribution in [0, 0.1) is 0 Å². The fourth-order valence-corrected chi connectivity index (χ4v) is 6.91. The van der Waals surface area contributed by atoms with E-state index in [2.05, 4.69) is 60.0 Å². The van der Waals surface area contributed by atoms with Gasteiger partial charge in [0, 0.05) is 36.5 Å². The summed E-state index contributed by atoms with van der Waals surface area (Å²) in [6, 6.07) is 8.26. The molecule has 2 aliphatic carbocycles. The third kappa shape index (κ3) is 6.45. The average Bonchev–Trinajstić information content (AvgIpc) is 3.72. The lowest BCUT2D eigenvalue weighted by atomic mass is 9.72. The second-order valence-corrected chi connectivity index (χ2v) is 15.2. The Kier molecular flexibility index (Phi) is 8.53. The lowest BCUT2D eigenvalue weighted by molar-refractivity contribution is 0.00578. The van der Waals surface area contributed by atoms with E-state index in [1.165, 1.54) is 10.7 Å². The number of amides is 2. The average molecular weight is 648 g/mol. The molecule has 2 amide bonds. The maximum absolute atomic E-state index is 13.2. The minimum atomic E-state index is -4.17. The van der Waals surface area contributed by atoms with E-state index in [4.69, 9.17) is 14.0 Å². The number of aromatic nitrogens is 3. The number of urea groups is 1. The Bertz CT molecular complexity index is 1770. The van der Waals surface area contributed by atoms with Gasteiger partial charge in [-0.25, -0.2) is 14.5 Å². The Morgan fingerprint density at radius 3 is 2.52 bits per heavy atom. The van der Waals surface area contributed by atoms with Crippen LogP contribution in [0.25, 0.3) is 11.1 Å². The van der Waals surface area contributed by atoms with Gasteiger partial charge in [-0.1, -0.05) is 18.2 Å². The number of carbonyl (C=O) groups excluding carboxylic acids is 1. The highest BCUT2D eigenvalue weighted by Gasteiger charge is 2.52. The van der Waals surface area contributed by atoms with Crippen molar-refractivity contribution in [2.75, 3.05) is 5.32 Å². The van der Waals surface area contributed by atoms with Crippen LogP contribution in [0.2, 0.25) is 0 Å². The summed E-state index contributed by atoms with van der Waals surface area (Å²) in [5, 5.41) is 6.74. The Hall–Kier alpha value is -3.68. The molecule has 2 N–H and O–H groups in total. The molecule has 1 atom stereocenters. The number of hydrogen-bond donors (Lipinski definition) is 2. The van der Waals surface area contributed by atoms with Crippen molar-refractivity contribution < 1.29 is 27.3 Å². The van der Waals surface area contributed by atoms with Crippen molar-refractivity contribution in [3.8, 4) is 17.0 Å². The van der Waals surface area contributed by atoms with Crippen molar-refractivity contribution in [3.63, 3.8) is 0 Å². The number of pyridine rings is 1. The van der Waals surface area contributed by atoms with Crippen LogP contribution < -0.4 is 14.8 Å². The maximum atomic E-state index is 13.2. The first kappa shape index (κ1) is 32.3. The van der Waals surface area contributed by atoms with Gasteiger partial charge in [-0.3, -0.25) is 4.68 Å². The molecule has 0 spiro atoms. The van der Waals surface area contributed by atoms with Gasteiger partial charge >= 0.3 is 13.1 Å². The molecule has 1 unspecified atom stereocenters. The van der Waals surface area contributed by atoms with Gasteiger partial charge < -0.3 is 19.4 Å². The highest BCUT2D eigenvalue weighted by atomic mass is 32.2. The van der Waals surface area contributed by atoms with Crippen molar-refractivity contribution in [1.82, 2.24) is 19.5 Å². The topological polar surface area (TPSA) is 134 Å². The minimum absolute atomic E-state index is 0.0186. The molecule has 244 valence electrons. The lowest BCUT2D eigenvalue weighted by Crippen LogP contribution is -2.41. The second-order valence-electron chi connectivity index (χ2n) is 13.5. The van der Waals surface area contributed by atoms with Crippen LogP contribution in [-0.4, -0.2) is 53.6 Å². The lowest BCUT2D eigenvalue weighted by Gasteiger charge is -2.32. The quantitative estimate of drug-likeness (QED) is 0.284. The standard InChI is InChI=1S/C33H42BN5O6S/c1-21(2)39-19-17-29(37-39)46(41,42)38-31(40)36-30-26-9-7-8-22(26)10-15-27(30)23-16-18-35-28(20-23)43-25-13-11-24(12-14-25)34-44-32(3,4)33(5,6)45-34/h10-11,15-21,25H,7-9,12-14H2,1-6H3,(H2,36,38,40). The molecule has 1 aromatic carbocycles. The van der Waals surface area contributed by atoms with Crippen LogP contribution in [0.5, 0.6) is 5.88 Å². The largest absolute Gasteiger partial charge is 0.490 e. The summed E-state index contributed by atoms with van der Waals surface area (Å²) >= 11 is 0. The zero-order valence-electron chi connectivity index (χ0n) is 27.3. The first-order chi connectivity index (χ1) is 21.7. The molecule has 1 aliphatic heterocycles. The highest BCUT2D eigenvalue weighted by Crippen LogP contribution is 2.41. The molecule has 3 heterocycles. The SMILES string of the molecule is CC(C)n1ccc(S(=O)(=O)NC(=O)Nc2c(-c3ccnc(OC4CC=C(B5OC(C)(C)C(C)(C)O5)CC4)c3)ccc3c2CCC3)n1. The number of anilines is 1. The van der Waals surface area contributed by atoms with Gasteiger partial charge in [0.05, 0.1) is 16.9 Å². The van der Waals surface area contributed by atoms with Crippen molar-refractivity contribution >= 4 is 28.9 Å². The zero-order chi connectivity index (χ0) is 32.9. The van der Waals surface area contributed by atoms with Gasteiger partial charge in [0.25, 0.3) is 10.0 Å². The third-order valence-electron chi connectivity index (χ3n) is 9.42. The molecule has 0 bridgehead atoms. The number of aryl methyl sites for hydroxylation is 1. The van der Waals surface area contributed by atoms with Gasteiger partial charge in [-0.2, -0.15) is 13.5 Å². The first-order valence-corrected chi connectivity index (χ1v) is 17.4. The third-order valence-corrected chi connectivity index (χ3v) is 10.6. The molecule has 6 rings (SSSR count). The molecule has 0 radical (unpaired) electrons. The van der Waals surface area contributed by atoms with Crippen LogP contribution in [0.3, 0.4) is 0 Å². The number of fused-ring (bicyclic) bond motifs is 1. The fraction of sp³-hybridized carbons (Fsp3) is 0.485. The summed E-state index contributed by atoms with van der Waals surface area (Å²) in [4.78, 5) is 17.6. The fourth-order valence-electron chi connectivity index (χ4n) is 6.07. The number of carbonyl (C=O) groups is 1. The molecular weight excluding hydrogens is 605 g/mol. The normalized spacial score (nSPS) is 20.4. The van der Waals surface area contributed by atoms with Gasteiger partial charge in [0.2, 0.25) is 5.88 Å². The highest BCUT2D eigenvalue weighted by molar-refractivity contribution is 7.90. The van der Waals surface area contributed by atoms with Crippen LogP contribution in [0.1, 0.15) is 84.4 Å². The van der Waals surface area contributed by atoms with Crippen molar-refractivity contribution in [3.05, 3.63) is 65.4 Å². The number of allylic oxidation sites excluding steroid dienone is 1. The van der Waals surface area contributed by atoms with Crippen LogP contribution >= 0.6 is 0 Å². The second kappa shape index (κ2) is 12.2. The van der Waals surface area contributed by atoms with Crippen molar-refractivity contribution in [1.29, 1.82) is 0 Å². The van der Waals surface area contributed by atoms with E-state index in [-0.39, 0.29) is 35.5 Å². The Morgan fingerprint density at radius 1 is 1.09 bits per heavy atom. The van der Waals surface area contributed by atoms with Gasteiger partial charge in [-0.15, -0.1) is 0 Å². The molecule has 3 aromatic rings. The Balaban J connectivity index is 1.18. The number of rotatable bonds is 8. The van der Waals surface area contributed by atoms with E-state index >= 15 is 0 Å². The molecule has 1 fully saturated rings. The van der Waals surface area contributed by atoms with E-state index in [0.717, 1.165) is 59.8 Å². The van der Waals surface area contributed by atoms with E-state index in [1.807, 2.05) is 32.0 Å². The number of nitrogens with zero attached hydrogens (tertiary/aromatic N) is 3. The molecule has 2 aromatic heterocycles. The Labute approximate surface area is 271 Å². The number of sulfonamides is 1. The first-order valence-electron chi connectivity index (χ1n) is 15.9. The number of hydrogen-bond acceptors (Lipinski definition) is 8. The van der Waals surface area contributed by atoms with Gasteiger partial charge in [0.1, 0.15) is 6.10 Å². The maximum Gasteiger partial charge on any atom is 0.490 e. The van der Waals surface area contributed by atoms with E-state index < -0.39 is 16.1 Å². The van der Waals surface area contributed by atoms with Crippen LogP contribution in [0.4, 0.5) is 10.5 Å². The van der Waals surface area contributed by atoms with E-state index in [1.54, 1.807) is 12.4 Å². The number of nitrogens with one attached hydrogen (secondary N) is 2. The molecule has 1 saturated heterocycles. The van der Waals surface area contributed by atoms with E-state index in [9.17, 15) is 13.2 Å². The van der Waals surface area contributed by atoms with Gasteiger partial charge in [-0.05, 0) is 108 Å². The molecule has 3 aliphatic rings. The summed E-state index contributed by atoms with van der Waals surface area (Å²) in [5.41, 5.74) is 4.66. The van der Waals surface area contributed by atoms with E-state index in [0.29, 0.717) is 18.0 Å². The monoisotopic (exact) mass is 647 g/mol. The zero-order valence-corrected chi connectivity index (χ0v) is 28.1. The smallest absolute Gasteiger partial charge is 0.474 e. The molecule has 46 heavy (non-hydrogen) atoms. The number of benzene rings is 1. The van der Waals surface area contributed by atoms with Gasteiger partial charge in [0.15, 0.2) is 5.03 Å². The van der Waals surface area contributed by atoms with Crippen LogP contribution in [-0.2, 0) is 32.2 Å². The van der Waals surface area contributed by atoms with Crippen molar-refractivity contribution in [2.45, 2.75) is 108 Å².